The summed E-state index contributed by atoms with van der Waals surface area (Å²) >= 11 is 1.16. The highest BCUT2D eigenvalue weighted by molar-refractivity contribution is 7.13. The fourth-order valence-corrected chi connectivity index (χ4v) is 3.59. The lowest BCUT2D eigenvalue weighted by atomic mass is 10.2. The van der Waals surface area contributed by atoms with E-state index in [2.05, 4.69) is 15.5 Å². The van der Waals surface area contributed by atoms with Crippen LogP contribution in [0.25, 0.3) is 0 Å². The second-order valence-corrected chi connectivity index (χ2v) is 6.59. The standard InChI is InChI=1S/C16H17FN4O3S/c1-24-9-13(22)21-8-2-3-12(21)15-19-20-16(25-15)14(23)18-11-6-4-10(17)5-7-11/h4-7,12H,2-3,8-9H2,1H3,(H,18,23)/t12-/m0/s1. The fourth-order valence-electron chi connectivity index (χ4n) is 2.71. The molecule has 9 heteroatoms. The number of hydrogen-bond donors (Lipinski definition) is 1. The van der Waals surface area contributed by atoms with Crippen LogP contribution in [0.5, 0.6) is 0 Å². The van der Waals surface area contributed by atoms with E-state index in [1.165, 1.54) is 31.4 Å². The van der Waals surface area contributed by atoms with Gasteiger partial charge >= 0.3 is 0 Å². The lowest BCUT2D eigenvalue weighted by molar-refractivity contribution is -0.136. The molecule has 2 amide bonds. The van der Waals surface area contributed by atoms with Gasteiger partial charge in [-0.05, 0) is 37.1 Å². The van der Waals surface area contributed by atoms with E-state index in [0.29, 0.717) is 17.2 Å². The molecule has 0 aliphatic carbocycles. The first-order valence-corrected chi connectivity index (χ1v) is 8.59. The van der Waals surface area contributed by atoms with Crippen molar-refractivity contribution in [1.82, 2.24) is 15.1 Å². The summed E-state index contributed by atoms with van der Waals surface area (Å²) in [5.74, 6) is -0.890. The SMILES string of the molecule is COCC(=O)N1CCC[C@H]1c1nnc(C(=O)Nc2ccc(F)cc2)s1. The van der Waals surface area contributed by atoms with Crippen LogP contribution in [0.3, 0.4) is 0 Å². The monoisotopic (exact) mass is 364 g/mol. The van der Waals surface area contributed by atoms with Gasteiger partial charge in [-0.25, -0.2) is 4.39 Å². The van der Waals surface area contributed by atoms with Gasteiger partial charge in [0.1, 0.15) is 17.4 Å². The maximum absolute atomic E-state index is 12.9. The van der Waals surface area contributed by atoms with Crippen molar-refractivity contribution < 1.29 is 18.7 Å². The number of methoxy groups -OCH3 is 1. The summed E-state index contributed by atoms with van der Waals surface area (Å²) in [6.07, 6.45) is 1.65. The first kappa shape index (κ1) is 17.4. The second-order valence-electron chi connectivity index (χ2n) is 5.58. The number of rotatable bonds is 5. The van der Waals surface area contributed by atoms with Crippen molar-refractivity contribution in [3.8, 4) is 0 Å². The maximum Gasteiger partial charge on any atom is 0.286 e. The number of amides is 2. The van der Waals surface area contributed by atoms with E-state index >= 15 is 0 Å². The summed E-state index contributed by atoms with van der Waals surface area (Å²) in [5, 5.41) is 11.5. The third-order valence-electron chi connectivity index (χ3n) is 3.86. The van der Waals surface area contributed by atoms with Crippen LogP contribution >= 0.6 is 11.3 Å². The van der Waals surface area contributed by atoms with Crippen molar-refractivity contribution >= 4 is 28.8 Å². The highest BCUT2D eigenvalue weighted by atomic mass is 32.1. The van der Waals surface area contributed by atoms with E-state index in [-0.39, 0.29) is 29.4 Å². The van der Waals surface area contributed by atoms with E-state index in [1.54, 1.807) is 4.90 Å². The van der Waals surface area contributed by atoms with Crippen molar-refractivity contribution in [3.05, 3.63) is 40.1 Å². The Hall–Kier alpha value is -2.39. The molecule has 7 nitrogen and oxygen atoms in total. The number of benzene rings is 1. The number of ether oxygens (including phenoxy) is 1. The number of anilines is 1. The number of carbonyl (C=O) groups excluding carboxylic acids is 2. The molecule has 0 bridgehead atoms. The van der Waals surface area contributed by atoms with Crippen molar-refractivity contribution in [2.45, 2.75) is 18.9 Å². The second kappa shape index (κ2) is 7.66. The van der Waals surface area contributed by atoms with Gasteiger partial charge in [-0.3, -0.25) is 9.59 Å². The molecular weight excluding hydrogens is 347 g/mol. The number of halogens is 1. The molecule has 2 aromatic rings. The van der Waals surface area contributed by atoms with Crippen molar-refractivity contribution in [1.29, 1.82) is 0 Å². The first-order chi connectivity index (χ1) is 12.1. The molecule has 1 aromatic heterocycles. The van der Waals surface area contributed by atoms with Crippen molar-refractivity contribution in [3.63, 3.8) is 0 Å². The van der Waals surface area contributed by atoms with Crippen molar-refractivity contribution in [2.75, 3.05) is 25.6 Å². The maximum atomic E-state index is 12.9. The van der Waals surface area contributed by atoms with Crippen molar-refractivity contribution in [2.24, 2.45) is 0 Å². The Morgan fingerprint density at radius 2 is 2.12 bits per heavy atom. The zero-order chi connectivity index (χ0) is 17.8. The predicted octanol–water partition coefficient (Wildman–Crippen LogP) is 2.24. The molecule has 1 atom stereocenters. The van der Waals surface area contributed by atoms with Gasteiger partial charge in [0, 0.05) is 19.3 Å². The summed E-state index contributed by atoms with van der Waals surface area (Å²) in [6, 6.07) is 5.29. The van der Waals surface area contributed by atoms with Crippen LogP contribution in [0, 0.1) is 5.82 Å². The smallest absolute Gasteiger partial charge is 0.286 e. The summed E-state index contributed by atoms with van der Waals surface area (Å²) in [5.41, 5.74) is 0.473. The molecule has 0 saturated carbocycles. The normalized spacial score (nSPS) is 16.9. The van der Waals surface area contributed by atoms with E-state index < -0.39 is 5.91 Å². The number of likely N-dealkylation sites (tertiary alicyclic amines) is 1. The molecule has 1 saturated heterocycles. The van der Waals surface area contributed by atoms with Crippen LogP contribution in [-0.2, 0) is 9.53 Å². The van der Waals surface area contributed by atoms with Gasteiger partial charge in [0.15, 0.2) is 0 Å². The van der Waals surface area contributed by atoms with Gasteiger partial charge in [0.2, 0.25) is 10.9 Å². The van der Waals surface area contributed by atoms with Crippen LogP contribution in [0.2, 0.25) is 0 Å². The van der Waals surface area contributed by atoms with Crippen LogP contribution < -0.4 is 5.32 Å². The van der Waals surface area contributed by atoms with E-state index in [4.69, 9.17) is 4.74 Å². The molecule has 2 heterocycles. The number of hydrogen-bond acceptors (Lipinski definition) is 6. The molecule has 132 valence electrons. The molecule has 1 aliphatic heterocycles. The lowest BCUT2D eigenvalue weighted by Crippen LogP contribution is -2.33. The minimum Gasteiger partial charge on any atom is -0.375 e. The average Bonchev–Trinajstić information content (AvgIpc) is 3.26. The number of carbonyl (C=O) groups is 2. The molecule has 1 N–H and O–H groups in total. The zero-order valence-electron chi connectivity index (χ0n) is 13.6. The minimum atomic E-state index is -0.414. The Bertz CT molecular complexity index is 765. The molecule has 1 fully saturated rings. The molecule has 3 rings (SSSR count). The molecule has 0 spiro atoms. The Morgan fingerprint density at radius 3 is 2.84 bits per heavy atom. The third kappa shape index (κ3) is 3.99. The van der Waals surface area contributed by atoms with Gasteiger partial charge in [-0.2, -0.15) is 0 Å². The summed E-state index contributed by atoms with van der Waals surface area (Å²) < 4.78 is 17.8. The van der Waals surface area contributed by atoms with Gasteiger partial charge in [0.05, 0.1) is 6.04 Å². The van der Waals surface area contributed by atoms with Crippen LogP contribution in [0.15, 0.2) is 24.3 Å². The summed E-state index contributed by atoms with van der Waals surface area (Å²) in [6.45, 7) is 0.663. The van der Waals surface area contributed by atoms with E-state index in [0.717, 1.165) is 24.2 Å². The quantitative estimate of drug-likeness (QED) is 0.880. The molecule has 1 aromatic carbocycles. The number of nitrogens with one attached hydrogen (secondary N) is 1. The Morgan fingerprint density at radius 1 is 1.36 bits per heavy atom. The molecular formula is C16H17FN4O3S. The minimum absolute atomic E-state index is 0.0210. The topological polar surface area (TPSA) is 84.4 Å². The number of aromatic nitrogens is 2. The summed E-state index contributed by atoms with van der Waals surface area (Å²) in [4.78, 5) is 26.0. The molecule has 25 heavy (non-hydrogen) atoms. The Balaban J connectivity index is 1.70. The number of nitrogens with zero attached hydrogens (tertiary/aromatic N) is 3. The van der Waals surface area contributed by atoms with Gasteiger partial charge in [-0.15, -0.1) is 10.2 Å². The van der Waals surface area contributed by atoms with Crippen LogP contribution in [-0.4, -0.2) is 47.2 Å². The highest BCUT2D eigenvalue weighted by Crippen LogP contribution is 2.33. The Labute approximate surface area is 147 Å². The largest absolute Gasteiger partial charge is 0.375 e. The predicted molar refractivity (Wildman–Crippen MR) is 89.8 cm³/mol. The molecule has 1 aliphatic rings. The fraction of sp³-hybridized carbons (Fsp3) is 0.375. The van der Waals surface area contributed by atoms with Gasteiger partial charge in [0.25, 0.3) is 5.91 Å². The third-order valence-corrected chi connectivity index (χ3v) is 4.89. The van der Waals surface area contributed by atoms with Gasteiger partial charge < -0.3 is 15.0 Å². The van der Waals surface area contributed by atoms with E-state index in [1.807, 2.05) is 0 Å². The highest BCUT2D eigenvalue weighted by Gasteiger charge is 2.32. The molecule has 0 unspecified atom stereocenters. The van der Waals surface area contributed by atoms with Crippen LogP contribution in [0.4, 0.5) is 10.1 Å². The Kier molecular flexibility index (Phi) is 5.34. The van der Waals surface area contributed by atoms with Gasteiger partial charge in [-0.1, -0.05) is 11.3 Å². The first-order valence-electron chi connectivity index (χ1n) is 7.77. The van der Waals surface area contributed by atoms with E-state index in [9.17, 15) is 14.0 Å². The zero-order valence-corrected chi connectivity index (χ0v) is 14.4. The average molecular weight is 364 g/mol. The van der Waals surface area contributed by atoms with Crippen LogP contribution in [0.1, 0.15) is 33.7 Å². The lowest BCUT2D eigenvalue weighted by Gasteiger charge is -2.22. The molecule has 0 radical (unpaired) electrons. The summed E-state index contributed by atoms with van der Waals surface area (Å²) in [7, 11) is 1.48.